The first-order valence-corrected chi connectivity index (χ1v) is 11.0. The van der Waals surface area contributed by atoms with Crippen molar-refractivity contribution in [2.24, 2.45) is 0 Å². The van der Waals surface area contributed by atoms with Crippen LogP contribution in [0.1, 0.15) is 29.8 Å². The Morgan fingerprint density at radius 1 is 1.07 bits per heavy atom. The van der Waals surface area contributed by atoms with Gasteiger partial charge >= 0.3 is 5.97 Å². The van der Waals surface area contributed by atoms with E-state index in [4.69, 9.17) is 4.74 Å². The minimum absolute atomic E-state index is 0.112. The predicted molar refractivity (Wildman–Crippen MR) is 111 cm³/mol. The van der Waals surface area contributed by atoms with Crippen molar-refractivity contribution in [3.05, 3.63) is 71.4 Å². The zero-order valence-electron chi connectivity index (χ0n) is 16.8. The fraction of sp³-hybridized carbons (Fsp3) is 0.273. The van der Waals surface area contributed by atoms with Gasteiger partial charge in [0.25, 0.3) is 0 Å². The summed E-state index contributed by atoms with van der Waals surface area (Å²) in [5.41, 5.74) is 2.84. The van der Waals surface area contributed by atoms with Crippen LogP contribution in [0.5, 0.6) is 0 Å². The fourth-order valence-electron chi connectivity index (χ4n) is 3.51. The number of carbonyl (C=O) groups excluding carboxylic acids is 2. The SMILES string of the molecule is CN1/C(=C/C(=O)COC(=O)c2ccc(S(C)(=O)=O)cc2)C(C)(C)c2ccccc21. The summed E-state index contributed by atoms with van der Waals surface area (Å²) in [7, 11) is -1.44. The molecule has 2 aromatic carbocycles. The van der Waals surface area contributed by atoms with Gasteiger partial charge in [0.05, 0.1) is 10.5 Å². The lowest BCUT2D eigenvalue weighted by atomic mass is 9.83. The smallest absolute Gasteiger partial charge is 0.338 e. The maximum atomic E-state index is 12.4. The molecule has 0 bridgehead atoms. The summed E-state index contributed by atoms with van der Waals surface area (Å²) >= 11 is 0. The van der Waals surface area contributed by atoms with E-state index < -0.39 is 22.4 Å². The van der Waals surface area contributed by atoms with Crippen molar-refractivity contribution in [3.63, 3.8) is 0 Å². The number of hydrogen-bond acceptors (Lipinski definition) is 6. The van der Waals surface area contributed by atoms with E-state index in [1.807, 2.05) is 50.1 Å². The molecule has 29 heavy (non-hydrogen) atoms. The number of nitrogens with zero attached hydrogens (tertiary/aromatic N) is 1. The van der Waals surface area contributed by atoms with Gasteiger partial charge in [0, 0.05) is 36.2 Å². The van der Waals surface area contributed by atoms with Gasteiger partial charge in [0.1, 0.15) is 0 Å². The van der Waals surface area contributed by atoms with E-state index in [0.29, 0.717) is 0 Å². The molecule has 0 aliphatic carbocycles. The van der Waals surface area contributed by atoms with E-state index in [9.17, 15) is 18.0 Å². The molecule has 152 valence electrons. The monoisotopic (exact) mass is 413 g/mol. The number of likely N-dealkylation sites (N-methyl/N-ethyl adjacent to an activating group) is 1. The molecular weight excluding hydrogens is 390 g/mol. The molecule has 0 unspecified atom stereocenters. The number of rotatable bonds is 5. The first-order valence-electron chi connectivity index (χ1n) is 9.07. The first-order chi connectivity index (χ1) is 13.5. The highest BCUT2D eigenvalue weighted by atomic mass is 32.2. The first kappa shape index (κ1) is 20.8. The molecule has 2 aromatic rings. The number of benzene rings is 2. The van der Waals surface area contributed by atoms with E-state index in [0.717, 1.165) is 23.2 Å². The second-order valence-corrected chi connectivity index (χ2v) is 9.59. The molecule has 1 aliphatic rings. The average molecular weight is 413 g/mol. The zero-order valence-corrected chi connectivity index (χ0v) is 17.6. The highest BCUT2D eigenvalue weighted by Gasteiger charge is 2.38. The van der Waals surface area contributed by atoms with Gasteiger partial charge in [-0.15, -0.1) is 0 Å². The maximum absolute atomic E-state index is 12.4. The summed E-state index contributed by atoms with van der Waals surface area (Å²) in [4.78, 5) is 26.7. The minimum atomic E-state index is -3.34. The van der Waals surface area contributed by atoms with Crippen LogP contribution < -0.4 is 4.90 Å². The van der Waals surface area contributed by atoms with Gasteiger partial charge in [-0.3, -0.25) is 4.79 Å². The van der Waals surface area contributed by atoms with Crippen molar-refractivity contribution in [1.82, 2.24) is 0 Å². The summed E-state index contributed by atoms with van der Waals surface area (Å²) in [5, 5.41) is 0. The van der Waals surface area contributed by atoms with Gasteiger partial charge in [0.2, 0.25) is 0 Å². The summed E-state index contributed by atoms with van der Waals surface area (Å²) in [6, 6.07) is 13.4. The lowest BCUT2D eigenvalue weighted by molar-refractivity contribution is -0.117. The van der Waals surface area contributed by atoms with Gasteiger partial charge in [-0.05, 0) is 35.9 Å². The van der Waals surface area contributed by atoms with Crippen molar-refractivity contribution >= 4 is 27.3 Å². The van der Waals surface area contributed by atoms with Crippen molar-refractivity contribution in [1.29, 1.82) is 0 Å². The summed E-state index contributed by atoms with van der Waals surface area (Å²) in [6.07, 6.45) is 2.60. The van der Waals surface area contributed by atoms with Gasteiger partial charge in [-0.1, -0.05) is 32.0 Å². The molecule has 0 saturated heterocycles. The topological polar surface area (TPSA) is 80.8 Å². The minimum Gasteiger partial charge on any atom is -0.454 e. The lowest BCUT2D eigenvalue weighted by Gasteiger charge is -2.23. The highest BCUT2D eigenvalue weighted by Crippen LogP contribution is 2.46. The largest absolute Gasteiger partial charge is 0.454 e. The highest BCUT2D eigenvalue weighted by molar-refractivity contribution is 7.90. The molecule has 0 spiro atoms. The molecule has 0 fully saturated rings. The Bertz CT molecular complexity index is 1100. The molecule has 1 aliphatic heterocycles. The van der Waals surface area contributed by atoms with Gasteiger partial charge in [-0.2, -0.15) is 0 Å². The Morgan fingerprint density at radius 2 is 1.69 bits per heavy atom. The maximum Gasteiger partial charge on any atom is 0.338 e. The molecule has 0 atom stereocenters. The summed E-state index contributed by atoms with van der Waals surface area (Å²) in [6.45, 7) is 3.70. The number of hydrogen-bond donors (Lipinski definition) is 0. The number of fused-ring (bicyclic) bond motifs is 1. The Morgan fingerprint density at radius 3 is 2.28 bits per heavy atom. The van der Waals surface area contributed by atoms with Crippen LogP contribution in [0.15, 0.2) is 65.2 Å². The number of anilines is 1. The third-order valence-corrected chi connectivity index (χ3v) is 6.23. The van der Waals surface area contributed by atoms with E-state index in [-0.39, 0.29) is 21.7 Å². The quantitative estimate of drug-likeness (QED) is 0.553. The Balaban J connectivity index is 1.69. The number of allylic oxidation sites excluding steroid dienone is 1. The van der Waals surface area contributed by atoms with Crippen LogP contribution >= 0.6 is 0 Å². The normalized spacial score (nSPS) is 16.6. The average Bonchev–Trinajstić information content (AvgIpc) is 2.86. The molecular formula is C22H23NO5S. The summed E-state index contributed by atoms with van der Waals surface area (Å²) in [5.74, 6) is -1.01. The fourth-order valence-corrected chi connectivity index (χ4v) is 4.14. The van der Waals surface area contributed by atoms with Crippen LogP contribution in [0.4, 0.5) is 5.69 Å². The summed E-state index contributed by atoms with van der Waals surface area (Å²) < 4.78 is 28.1. The third kappa shape index (κ3) is 4.10. The Labute approximate surface area is 170 Å². The number of carbonyl (C=O) groups is 2. The molecule has 3 rings (SSSR count). The Hall–Kier alpha value is -2.93. The van der Waals surface area contributed by atoms with Crippen LogP contribution in [-0.4, -0.2) is 40.1 Å². The molecule has 7 heteroatoms. The number of ether oxygens (including phenoxy) is 1. The van der Waals surface area contributed by atoms with Crippen LogP contribution in [0.2, 0.25) is 0 Å². The lowest BCUT2D eigenvalue weighted by Crippen LogP contribution is -2.25. The molecule has 0 saturated carbocycles. The molecule has 0 amide bonds. The van der Waals surface area contributed by atoms with Crippen molar-refractivity contribution < 1.29 is 22.7 Å². The standard InChI is InChI=1S/C22H23NO5S/c1-22(2)18-7-5-6-8-19(18)23(3)20(22)13-16(24)14-28-21(25)15-9-11-17(12-10-15)29(4,26)27/h5-13H,14H2,1-4H3/b20-13+. The zero-order chi connectivity index (χ0) is 21.4. The van der Waals surface area contributed by atoms with Crippen LogP contribution in [0, 0.1) is 0 Å². The van der Waals surface area contributed by atoms with Gasteiger partial charge in [-0.25, -0.2) is 13.2 Å². The predicted octanol–water partition coefficient (Wildman–Crippen LogP) is 3.13. The van der Waals surface area contributed by atoms with E-state index >= 15 is 0 Å². The number of sulfone groups is 1. The van der Waals surface area contributed by atoms with Crippen LogP contribution in [0.3, 0.4) is 0 Å². The number of ketones is 1. The third-order valence-electron chi connectivity index (χ3n) is 5.10. The van der Waals surface area contributed by atoms with Crippen molar-refractivity contribution in [2.75, 3.05) is 24.8 Å². The van der Waals surface area contributed by atoms with Gasteiger partial charge in [0.15, 0.2) is 22.2 Å². The molecule has 0 radical (unpaired) electrons. The number of esters is 1. The number of para-hydroxylation sites is 1. The Kier molecular flexibility index (Phi) is 5.36. The van der Waals surface area contributed by atoms with Crippen LogP contribution in [-0.2, 0) is 24.8 Å². The molecule has 6 nitrogen and oxygen atoms in total. The second-order valence-electron chi connectivity index (χ2n) is 7.57. The molecule has 1 heterocycles. The second kappa shape index (κ2) is 7.48. The molecule has 0 aromatic heterocycles. The molecule has 0 N–H and O–H groups in total. The van der Waals surface area contributed by atoms with Gasteiger partial charge < -0.3 is 9.64 Å². The van der Waals surface area contributed by atoms with E-state index in [2.05, 4.69) is 0 Å². The van der Waals surface area contributed by atoms with Crippen molar-refractivity contribution in [3.8, 4) is 0 Å². The van der Waals surface area contributed by atoms with E-state index in [1.54, 1.807) is 0 Å². The van der Waals surface area contributed by atoms with Crippen LogP contribution in [0.25, 0.3) is 0 Å². The van der Waals surface area contributed by atoms with E-state index in [1.165, 1.54) is 30.3 Å². The van der Waals surface area contributed by atoms with Crippen molar-refractivity contribution in [2.45, 2.75) is 24.2 Å².